The Kier molecular flexibility index (Phi) is 3.92. The third kappa shape index (κ3) is 2.84. The molecule has 0 amide bonds. The maximum absolute atomic E-state index is 8.85. The SMILES string of the molecule is N#Cc1ccc(NC(CO)CO)cc1N. The predicted octanol–water partition coefficient (Wildman–Crippen LogP) is -0.0944. The van der Waals surface area contributed by atoms with Crippen LogP contribution >= 0.6 is 0 Å². The molecule has 0 fully saturated rings. The number of nitrogen functional groups attached to an aromatic ring is 1. The van der Waals surface area contributed by atoms with Crippen LogP contribution in [0.5, 0.6) is 0 Å². The van der Waals surface area contributed by atoms with E-state index in [0.29, 0.717) is 16.9 Å². The summed E-state index contributed by atoms with van der Waals surface area (Å²) >= 11 is 0. The van der Waals surface area contributed by atoms with E-state index in [4.69, 9.17) is 21.2 Å². The minimum atomic E-state index is -0.419. The topological polar surface area (TPSA) is 102 Å². The summed E-state index contributed by atoms with van der Waals surface area (Å²) in [4.78, 5) is 0. The van der Waals surface area contributed by atoms with Crippen molar-refractivity contribution < 1.29 is 10.2 Å². The zero-order valence-corrected chi connectivity index (χ0v) is 8.14. The Hall–Kier alpha value is -1.77. The normalized spacial score (nSPS) is 10.0. The molecule has 0 saturated carbocycles. The van der Waals surface area contributed by atoms with Gasteiger partial charge in [-0.15, -0.1) is 0 Å². The summed E-state index contributed by atoms with van der Waals surface area (Å²) in [6.45, 7) is -0.340. The molecule has 0 saturated heterocycles. The molecule has 0 spiro atoms. The molecular formula is C10H13N3O2. The van der Waals surface area contributed by atoms with Gasteiger partial charge in [0.2, 0.25) is 0 Å². The molecule has 0 aliphatic carbocycles. The number of hydrogen-bond donors (Lipinski definition) is 4. The van der Waals surface area contributed by atoms with Gasteiger partial charge in [0.05, 0.1) is 30.5 Å². The molecule has 0 atom stereocenters. The van der Waals surface area contributed by atoms with Crippen LogP contribution in [0.2, 0.25) is 0 Å². The lowest BCUT2D eigenvalue weighted by atomic mass is 10.1. The van der Waals surface area contributed by atoms with Crippen LogP contribution in [0.1, 0.15) is 5.56 Å². The highest BCUT2D eigenvalue weighted by atomic mass is 16.3. The van der Waals surface area contributed by atoms with Crippen LogP contribution < -0.4 is 11.1 Å². The minimum Gasteiger partial charge on any atom is -0.398 e. The molecule has 5 heteroatoms. The molecular weight excluding hydrogens is 194 g/mol. The Morgan fingerprint density at radius 1 is 1.40 bits per heavy atom. The molecule has 1 aromatic carbocycles. The highest BCUT2D eigenvalue weighted by Crippen LogP contribution is 2.17. The highest BCUT2D eigenvalue weighted by molar-refractivity contribution is 5.62. The van der Waals surface area contributed by atoms with Gasteiger partial charge in [-0.2, -0.15) is 5.26 Å². The van der Waals surface area contributed by atoms with E-state index < -0.39 is 6.04 Å². The summed E-state index contributed by atoms with van der Waals surface area (Å²) in [5, 5.41) is 29.2. The van der Waals surface area contributed by atoms with Crippen molar-refractivity contribution in [2.75, 3.05) is 24.3 Å². The molecule has 0 unspecified atom stereocenters. The minimum absolute atomic E-state index is 0.170. The standard InChI is InChI=1S/C10H13N3O2/c11-4-7-1-2-8(3-10(7)12)13-9(5-14)6-15/h1-3,9,13-15H,5-6,12H2. The van der Waals surface area contributed by atoms with E-state index in [1.165, 1.54) is 0 Å². The average molecular weight is 207 g/mol. The zero-order chi connectivity index (χ0) is 11.3. The number of aliphatic hydroxyl groups excluding tert-OH is 2. The number of nitrogens with zero attached hydrogens (tertiary/aromatic N) is 1. The largest absolute Gasteiger partial charge is 0.398 e. The summed E-state index contributed by atoms with van der Waals surface area (Å²) in [5.41, 5.74) is 7.05. The third-order valence-corrected chi connectivity index (χ3v) is 1.98. The Morgan fingerprint density at radius 3 is 2.53 bits per heavy atom. The molecule has 5 N–H and O–H groups in total. The van der Waals surface area contributed by atoms with E-state index >= 15 is 0 Å². The van der Waals surface area contributed by atoms with Gasteiger partial charge in [-0.1, -0.05) is 0 Å². The van der Waals surface area contributed by atoms with Crippen molar-refractivity contribution in [3.63, 3.8) is 0 Å². The maximum atomic E-state index is 8.85. The Morgan fingerprint density at radius 2 is 2.07 bits per heavy atom. The smallest absolute Gasteiger partial charge is 0.101 e. The van der Waals surface area contributed by atoms with Gasteiger partial charge in [0.15, 0.2) is 0 Å². The van der Waals surface area contributed by atoms with Crippen molar-refractivity contribution in [2.24, 2.45) is 0 Å². The lowest BCUT2D eigenvalue weighted by Gasteiger charge is -2.15. The molecule has 15 heavy (non-hydrogen) atoms. The van der Waals surface area contributed by atoms with Crippen LogP contribution in [0.15, 0.2) is 18.2 Å². The first-order valence-electron chi connectivity index (χ1n) is 4.49. The first-order valence-corrected chi connectivity index (χ1v) is 4.49. The van der Waals surface area contributed by atoms with Crippen LogP contribution in [0, 0.1) is 11.3 Å². The van der Waals surface area contributed by atoms with Crippen molar-refractivity contribution in [1.29, 1.82) is 5.26 Å². The average Bonchev–Trinajstić information content (AvgIpc) is 2.26. The third-order valence-electron chi connectivity index (χ3n) is 1.98. The second kappa shape index (κ2) is 5.20. The number of hydrogen-bond acceptors (Lipinski definition) is 5. The zero-order valence-electron chi connectivity index (χ0n) is 8.14. The van der Waals surface area contributed by atoms with Crippen LogP contribution in [0.4, 0.5) is 11.4 Å². The fourth-order valence-corrected chi connectivity index (χ4v) is 1.14. The number of benzene rings is 1. The van der Waals surface area contributed by atoms with Gasteiger partial charge in [0.25, 0.3) is 0 Å². The molecule has 1 rings (SSSR count). The predicted molar refractivity (Wildman–Crippen MR) is 57.2 cm³/mol. The van der Waals surface area contributed by atoms with Crippen molar-refractivity contribution in [3.05, 3.63) is 23.8 Å². The number of nitrogens with two attached hydrogens (primary N) is 1. The van der Waals surface area contributed by atoms with E-state index in [0.717, 1.165) is 0 Å². The molecule has 1 aromatic rings. The quantitative estimate of drug-likeness (QED) is 0.516. The van der Waals surface area contributed by atoms with Gasteiger partial charge in [0.1, 0.15) is 6.07 Å². The molecule has 80 valence electrons. The van der Waals surface area contributed by atoms with Gasteiger partial charge < -0.3 is 21.3 Å². The highest BCUT2D eigenvalue weighted by Gasteiger charge is 2.06. The lowest BCUT2D eigenvalue weighted by Crippen LogP contribution is -2.27. The molecule has 0 aromatic heterocycles. The number of anilines is 2. The van der Waals surface area contributed by atoms with Gasteiger partial charge in [0, 0.05) is 5.69 Å². The first kappa shape index (κ1) is 11.3. The summed E-state index contributed by atoms with van der Waals surface area (Å²) in [6.07, 6.45) is 0. The lowest BCUT2D eigenvalue weighted by molar-refractivity contribution is 0.204. The fraction of sp³-hybridized carbons (Fsp3) is 0.300. The van der Waals surface area contributed by atoms with Crippen molar-refractivity contribution in [2.45, 2.75) is 6.04 Å². The van der Waals surface area contributed by atoms with E-state index in [1.54, 1.807) is 18.2 Å². The van der Waals surface area contributed by atoms with Crippen LogP contribution in [-0.4, -0.2) is 29.5 Å². The number of nitriles is 1. The van der Waals surface area contributed by atoms with E-state index in [1.807, 2.05) is 6.07 Å². The summed E-state index contributed by atoms with van der Waals surface area (Å²) in [6, 6.07) is 6.39. The van der Waals surface area contributed by atoms with Crippen LogP contribution in [0.25, 0.3) is 0 Å². The Bertz CT molecular complexity index is 369. The van der Waals surface area contributed by atoms with Crippen molar-refractivity contribution in [3.8, 4) is 6.07 Å². The van der Waals surface area contributed by atoms with Gasteiger partial charge in [-0.25, -0.2) is 0 Å². The number of rotatable bonds is 4. The van der Waals surface area contributed by atoms with Gasteiger partial charge in [-0.3, -0.25) is 0 Å². The van der Waals surface area contributed by atoms with Crippen LogP contribution in [0.3, 0.4) is 0 Å². The molecule has 0 radical (unpaired) electrons. The molecule has 0 aliphatic rings. The van der Waals surface area contributed by atoms with Gasteiger partial charge >= 0.3 is 0 Å². The molecule has 0 heterocycles. The van der Waals surface area contributed by atoms with Crippen LogP contribution in [-0.2, 0) is 0 Å². The van der Waals surface area contributed by atoms with Gasteiger partial charge in [-0.05, 0) is 18.2 Å². The first-order chi connectivity index (χ1) is 7.21. The Labute approximate surface area is 87.8 Å². The van der Waals surface area contributed by atoms with E-state index in [-0.39, 0.29) is 13.2 Å². The summed E-state index contributed by atoms with van der Waals surface area (Å²) < 4.78 is 0. The molecule has 5 nitrogen and oxygen atoms in total. The summed E-state index contributed by atoms with van der Waals surface area (Å²) in [5.74, 6) is 0. The van der Waals surface area contributed by atoms with E-state index in [2.05, 4.69) is 5.32 Å². The maximum Gasteiger partial charge on any atom is 0.101 e. The second-order valence-electron chi connectivity index (χ2n) is 3.12. The van der Waals surface area contributed by atoms with Crippen molar-refractivity contribution >= 4 is 11.4 Å². The monoisotopic (exact) mass is 207 g/mol. The Balaban J connectivity index is 2.80. The molecule has 0 aliphatic heterocycles. The number of nitrogens with one attached hydrogen (secondary N) is 1. The fourth-order valence-electron chi connectivity index (χ4n) is 1.14. The van der Waals surface area contributed by atoms with E-state index in [9.17, 15) is 0 Å². The van der Waals surface area contributed by atoms with Crippen molar-refractivity contribution in [1.82, 2.24) is 0 Å². The summed E-state index contributed by atoms with van der Waals surface area (Å²) in [7, 11) is 0. The second-order valence-corrected chi connectivity index (χ2v) is 3.12. The number of aliphatic hydroxyl groups is 2. The molecule has 0 bridgehead atoms.